The Morgan fingerprint density at radius 3 is 2.52 bits per heavy atom. The van der Waals surface area contributed by atoms with Crippen molar-refractivity contribution in [3.63, 3.8) is 0 Å². The molecule has 1 N–H and O–H groups in total. The molecule has 0 aliphatic carbocycles. The minimum atomic E-state index is -0.0782. The first kappa shape index (κ1) is 17.7. The molecule has 0 atom stereocenters. The summed E-state index contributed by atoms with van der Waals surface area (Å²) in [5.41, 5.74) is 2.03. The van der Waals surface area contributed by atoms with E-state index in [2.05, 4.69) is 18.3 Å². The monoisotopic (exact) mass is 345 g/mol. The Balaban J connectivity index is 1.49. The van der Waals surface area contributed by atoms with Crippen molar-refractivity contribution in [1.29, 1.82) is 0 Å². The molecule has 3 rings (SSSR count). The Hall–Kier alpha value is -2.08. The van der Waals surface area contributed by atoms with Gasteiger partial charge in [0.05, 0.1) is 13.2 Å². The van der Waals surface area contributed by atoms with E-state index in [0.29, 0.717) is 39.4 Å². The third-order valence-corrected chi connectivity index (χ3v) is 5.04. The Bertz CT molecular complexity index is 606. The van der Waals surface area contributed by atoms with Crippen LogP contribution in [0.5, 0.6) is 0 Å². The fourth-order valence-corrected chi connectivity index (χ4v) is 3.44. The lowest BCUT2D eigenvalue weighted by Crippen LogP contribution is -2.48. The number of amides is 3. The summed E-state index contributed by atoms with van der Waals surface area (Å²) in [5.74, 6) is 0.254. The predicted octanol–water partition coefficient (Wildman–Crippen LogP) is 2.35. The normalized spacial score (nSPS) is 18.9. The van der Waals surface area contributed by atoms with Crippen molar-refractivity contribution >= 4 is 17.6 Å². The number of benzene rings is 1. The van der Waals surface area contributed by atoms with Gasteiger partial charge in [-0.1, -0.05) is 19.1 Å². The van der Waals surface area contributed by atoms with Crippen LogP contribution in [0.15, 0.2) is 24.3 Å². The molecule has 0 radical (unpaired) electrons. The SMILES string of the molecule is CCc1cccc(NC(=O)N2CCC(C(=O)N3CCOCC3)CC2)c1. The molecule has 6 nitrogen and oxygen atoms in total. The summed E-state index contributed by atoms with van der Waals surface area (Å²) in [6.45, 7) is 5.98. The van der Waals surface area contributed by atoms with Gasteiger partial charge in [0.2, 0.25) is 5.91 Å². The van der Waals surface area contributed by atoms with Gasteiger partial charge in [0.1, 0.15) is 0 Å². The molecule has 2 fully saturated rings. The molecule has 2 saturated heterocycles. The molecule has 2 heterocycles. The maximum atomic E-state index is 12.5. The topological polar surface area (TPSA) is 61.9 Å². The maximum absolute atomic E-state index is 12.5. The van der Waals surface area contributed by atoms with Crippen molar-refractivity contribution in [2.45, 2.75) is 26.2 Å². The van der Waals surface area contributed by atoms with Crippen LogP contribution in [0.3, 0.4) is 0 Å². The molecule has 0 bridgehead atoms. The number of carbonyl (C=O) groups excluding carboxylic acids is 2. The summed E-state index contributed by atoms with van der Waals surface area (Å²) in [6.07, 6.45) is 2.41. The smallest absolute Gasteiger partial charge is 0.321 e. The van der Waals surface area contributed by atoms with Gasteiger partial charge < -0.3 is 19.9 Å². The van der Waals surface area contributed by atoms with E-state index in [1.54, 1.807) is 0 Å². The number of urea groups is 1. The van der Waals surface area contributed by atoms with Crippen LogP contribution in [0.25, 0.3) is 0 Å². The molecule has 1 aromatic carbocycles. The highest BCUT2D eigenvalue weighted by atomic mass is 16.5. The molecular weight excluding hydrogens is 318 g/mol. The van der Waals surface area contributed by atoms with E-state index < -0.39 is 0 Å². The van der Waals surface area contributed by atoms with Crippen LogP contribution >= 0.6 is 0 Å². The number of aryl methyl sites for hydroxylation is 1. The number of nitrogens with zero attached hydrogens (tertiary/aromatic N) is 2. The minimum absolute atomic E-state index is 0.0329. The van der Waals surface area contributed by atoms with Gasteiger partial charge in [0.25, 0.3) is 0 Å². The Kier molecular flexibility index (Phi) is 5.91. The molecule has 0 spiro atoms. The van der Waals surface area contributed by atoms with E-state index >= 15 is 0 Å². The van der Waals surface area contributed by atoms with Crippen molar-refractivity contribution in [3.05, 3.63) is 29.8 Å². The van der Waals surface area contributed by atoms with Crippen molar-refractivity contribution in [2.75, 3.05) is 44.7 Å². The lowest BCUT2D eigenvalue weighted by atomic mass is 9.95. The third kappa shape index (κ3) is 4.51. The molecule has 2 aliphatic rings. The standard InChI is InChI=1S/C19H27N3O3/c1-2-15-4-3-5-17(14-15)20-19(24)22-8-6-16(7-9-22)18(23)21-10-12-25-13-11-21/h3-5,14,16H,2,6-13H2,1H3,(H,20,24). The average Bonchev–Trinajstić information content (AvgIpc) is 2.68. The van der Waals surface area contributed by atoms with E-state index in [0.717, 1.165) is 24.9 Å². The largest absolute Gasteiger partial charge is 0.378 e. The second-order valence-electron chi connectivity index (χ2n) is 6.68. The zero-order valence-electron chi connectivity index (χ0n) is 14.9. The van der Waals surface area contributed by atoms with Crippen LogP contribution < -0.4 is 5.32 Å². The number of carbonyl (C=O) groups is 2. The first-order valence-corrected chi connectivity index (χ1v) is 9.18. The summed E-state index contributed by atoms with van der Waals surface area (Å²) in [7, 11) is 0. The first-order chi connectivity index (χ1) is 12.2. The molecule has 3 amide bonds. The van der Waals surface area contributed by atoms with Crippen LogP contribution in [0.2, 0.25) is 0 Å². The summed E-state index contributed by atoms with van der Waals surface area (Å²) in [4.78, 5) is 28.7. The van der Waals surface area contributed by atoms with E-state index in [9.17, 15) is 9.59 Å². The highest BCUT2D eigenvalue weighted by Gasteiger charge is 2.30. The lowest BCUT2D eigenvalue weighted by Gasteiger charge is -2.35. The van der Waals surface area contributed by atoms with Crippen LogP contribution in [0, 0.1) is 5.92 Å². The fourth-order valence-electron chi connectivity index (χ4n) is 3.44. The summed E-state index contributed by atoms with van der Waals surface area (Å²) in [5, 5.41) is 2.97. The highest BCUT2D eigenvalue weighted by Crippen LogP contribution is 2.21. The van der Waals surface area contributed by atoms with Crippen LogP contribution in [0.1, 0.15) is 25.3 Å². The molecule has 1 aromatic rings. The lowest BCUT2D eigenvalue weighted by molar-refractivity contribution is -0.140. The summed E-state index contributed by atoms with van der Waals surface area (Å²) >= 11 is 0. The molecule has 0 unspecified atom stereocenters. The number of likely N-dealkylation sites (tertiary alicyclic amines) is 1. The minimum Gasteiger partial charge on any atom is -0.378 e. The van der Waals surface area contributed by atoms with Gasteiger partial charge >= 0.3 is 6.03 Å². The van der Waals surface area contributed by atoms with Gasteiger partial charge in [-0.2, -0.15) is 0 Å². The van der Waals surface area contributed by atoms with Crippen molar-refractivity contribution in [1.82, 2.24) is 9.80 Å². The van der Waals surface area contributed by atoms with Crippen molar-refractivity contribution < 1.29 is 14.3 Å². The zero-order chi connectivity index (χ0) is 17.6. The van der Waals surface area contributed by atoms with Gasteiger partial charge in [-0.05, 0) is 37.0 Å². The highest BCUT2D eigenvalue weighted by molar-refractivity contribution is 5.89. The van der Waals surface area contributed by atoms with Crippen molar-refractivity contribution in [2.24, 2.45) is 5.92 Å². The zero-order valence-corrected chi connectivity index (χ0v) is 14.9. The van der Waals surface area contributed by atoms with E-state index in [1.165, 1.54) is 5.56 Å². The molecule has 0 saturated carbocycles. The second kappa shape index (κ2) is 8.34. The van der Waals surface area contributed by atoms with Crippen LogP contribution in [-0.4, -0.2) is 61.1 Å². The number of hydrogen-bond acceptors (Lipinski definition) is 3. The number of piperidine rings is 1. The quantitative estimate of drug-likeness (QED) is 0.915. The van der Waals surface area contributed by atoms with Crippen molar-refractivity contribution in [3.8, 4) is 0 Å². The molecule has 0 aromatic heterocycles. The molecule has 25 heavy (non-hydrogen) atoms. The molecular formula is C19H27N3O3. The summed E-state index contributed by atoms with van der Waals surface area (Å²) < 4.78 is 5.30. The van der Waals surface area contributed by atoms with Gasteiger partial charge in [-0.3, -0.25) is 4.79 Å². The first-order valence-electron chi connectivity index (χ1n) is 9.18. The van der Waals surface area contributed by atoms with E-state index in [1.807, 2.05) is 28.0 Å². The molecule has 136 valence electrons. The fraction of sp³-hybridized carbons (Fsp3) is 0.579. The molecule has 2 aliphatic heterocycles. The number of rotatable bonds is 3. The van der Waals surface area contributed by atoms with Crippen LogP contribution in [0.4, 0.5) is 10.5 Å². The van der Waals surface area contributed by atoms with E-state index in [-0.39, 0.29) is 17.9 Å². The van der Waals surface area contributed by atoms with Crippen LogP contribution in [-0.2, 0) is 16.0 Å². The summed E-state index contributed by atoms with van der Waals surface area (Å²) in [6, 6.07) is 7.85. The predicted molar refractivity (Wildman–Crippen MR) is 96.5 cm³/mol. The molecule has 6 heteroatoms. The average molecular weight is 345 g/mol. The number of anilines is 1. The van der Waals surface area contributed by atoms with Gasteiger partial charge in [-0.25, -0.2) is 4.79 Å². The van der Waals surface area contributed by atoms with Gasteiger partial charge in [0.15, 0.2) is 0 Å². The Labute approximate surface area is 149 Å². The third-order valence-electron chi connectivity index (χ3n) is 5.04. The maximum Gasteiger partial charge on any atom is 0.321 e. The number of hydrogen-bond donors (Lipinski definition) is 1. The van der Waals surface area contributed by atoms with Gasteiger partial charge in [-0.15, -0.1) is 0 Å². The second-order valence-corrected chi connectivity index (χ2v) is 6.68. The Morgan fingerprint density at radius 1 is 1.12 bits per heavy atom. The number of morpholine rings is 1. The number of ether oxygens (including phenoxy) is 1. The number of nitrogens with one attached hydrogen (secondary N) is 1. The Morgan fingerprint density at radius 2 is 1.84 bits per heavy atom. The van der Waals surface area contributed by atoms with Gasteiger partial charge in [0, 0.05) is 37.8 Å². The van der Waals surface area contributed by atoms with E-state index in [4.69, 9.17) is 4.74 Å².